The Balaban J connectivity index is 1.70. The fourth-order valence-corrected chi connectivity index (χ4v) is 4.43. The lowest BCUT2D eigenvalue weighted by Gasteiger charge is -2.27. The Kier molecular flexibility index (Phi) is 5.92. The average molecular weight is 421 g/mol. The number of carbonyl (C=O) groups excluding carboxylic acids is 1. The number of rotatable bonds is 6. The number of hydrogen-bond acceptors (Lipinski definition) is 6. The van der Waals surface area contributed by atoms with Gasteiger partial charge in [-0.25, -0.2) is 13.1 Å². The van der Waals surface area contributed by atoms with Crippen molar-refractivity contribution in [2.45, 2.75) is 44.4 Å². The van der Waals surface area contributed by atoms with Crippen LogP contribution in [0, 0.1) is 25.7 Å². The van der Waals surface area contributed by atoms with E-state index >= 15 is 0 Å². The van der Waals surface area contributed by atoms with E-state index in [0.717, 1.165) is 12.8 Å². The Morgan fingerprint density at radius 2 is 1.72 bits per heavy atom. The molecule has 1 aliphatic carbocycles. The van der Waals surface area contributed by atoms with Crippen molar-refractivity contribution in [1.82, 2.24) is 5.16 Å². The molecule has 1 fully saturated rings. The first-order valence-electron chi connectivity index (χ1n) is 9.28. The maximum atomic E-state index is 12.5. The Hall–Kier alpha value is -2.88. The highest BCUT2D eigenvalue weighted by Crippen LogP contribution is 2.31. The summed E-state index contributed by atoms with van der Waals surface area (Å²) in [5, 5.41) is 15.7. The van der Waals surface area contributed by atoms with E-state index in [9.17, 15) is 23.1 Å². The van der Waals surface area contributed by atoms with Gasteiger partial charge in [0.15, 0.2) is 0 Å². The maximum Gasteiger partial charge on any atom is 0.307 e. The summed E-state index contributed by atoms with van der Waals surface area (Å²) in [6.07, 6.45) is 2.61. The van der Waals surface area contributed by atoms with Crippen molar-refractivity contribution in [2.75, 3.05) is 10.0 Å². The zero-order chi connectivity index (χ0) is 21.2. The van der Waals surface area contributed by atoms with Gasteiger partial charge < -0.3 is 14.9 Å². The number of anilines is 2. The quantitative estimate of drug-likeness (QED) is 0.652. The molecule has 9 nitrogen and oxygen atoms in total. The van der Waals surface area contributed by atoms with Crippen molar-refractivity contribution < 1.29 is 27.6 Å². The molecule has 1 saturated carbocycles. The Morgan fingerprint density at radius 1 is 1.10 bits per heavy atom. The van der Waals surface area contributed by atoms with Crippen LogP contribution in [0.5, 0.6) is 0 Å². The molecule has 3 rings (SSSR count). The number of aryl methyl sites for hydroxylation is 1. The lowest BCUT2D eigenvalue weighted by molar-refractivity contribution is -0.147. The first kappa shape index (κ1) is 20.8. The summed E-state index contributed by atoms with van der Waals surface area (Å²) < 4.78 is 32.3. The van der Waals surface area contributed by atoms with Gasteiger partial charge in [0.05, 0.1) is 22.4 Å². The van der Waals surface area contributed by atoms with Crippen LogP contribution in [0.15, 0.2) is 33.7 Å². The maximum absolute atomic E-state index is 12.5. The van der Waals surface area contributed by atoms with E-state index in [-0.39, 0.29) is 16.7 Å². The summed E-state index contributed by atoms with van der Waals surface area (Å²) in [6.45, 7) is 3.40. The molecule has 1 aromatic carbocycles. The van der Waals surface area contributed by atoms with Gasteiger partial charge in [-0.15, -0.1) is 0 Å². The molecular weight excluding hydrogens is 398 g/mol. The number of nitrogens with one attached hydrogen (secondary N) is 2. The summed E-state index contributed by atoms with van der Waals surface area (Å²) in [6, 6.07) is 5.63. The minimum atomic E-state index is -3.88. The number of hydrogen-bond donors (Lipinski definition) is 3. The minimum Gasteiger partial charge on any atom is -0.481 e. The van der Waals surface area contributed by atoms with Crippen molar-refractivity contribution in [3.05, 3.63) is 35.5 Å². The predicted molar refractivity (Wildman–Crippen MR) is 105 cm³/mol. The first-order valence-corrected chi connectivity index (χ1v) is 10.8. The van der Waals surface area contributed by atoms with Crippen molar-refractivity contribution in [3.63, 3.8) is 0 Å². The van der Waals surface area contributed by atoms with Crippen molar-refractivity contribution >= 4 is 33.5 Å². The van der Waals surface area contributed by atoms with E-state index in [1.807, 2.05) is 0 Å². The predicted octanol–water partition coefficient (Wildman–Crippen LogP) is 2.92. The second-order valence-corrected chi connectivity index (χ2v) is 8.86. The Labute approximate surface area is 168 Å². The second-order valence-electron chi connectivity index (χ2n) is 7.18. The van der Waals surface area contributed by atoms with Gasteiger partial charge >= 0.3 is 5.97 Å². The molecule has 1 aromatic heterocycles. The van der Waals surface area contributed by atoms with Gasteiger partial charge in [0, 0.05) is 11.3 Å². The second kappa shape index (κ2) is 8.24. The number of carboxylic acids is 1. The van der Waals surface area contributed by atoms with E-state index in [0.29, 0.717) is 29.8 Å². The molecule has 0 bridgehead atoms. The number of amides is 1. The summed E-state index contributed by atoms with van der Waals surface area (Å²) in [5.74, 6) is -2.56. The molecule has 10 heteroatoms. The molecule has 1 heterocycles. The van der Waals surface area contributed by atoms with Gasteiger partial charge in [-0.3, -0.25) is 9.59 Å². The number of carboxylic acid groups (broad SMARTS) is 1. The molecule has 2 aromatic rings. The topological polar surface area (TPSA) is 139 Å². The molecule has 0 aliphatic heterocycles. The van der Waals surface area contributed by atoms with E-state index in [1.165, 1.54) is 24.3 Å². The highest BCUT2D eigenvalue weighted by atomic mass is 32.2. The van der Waals surface area contributed by atoms with E-state index in [2.05, 4.69) is 15.2 Å². The number of aliphatic carboxylic acids is 1. The third-order valence-corrected chi connectivity index (χ3v) is 6.58. The van der Waals surface area contributed by atoms with Crippen LogP contribution in [-0.4, -0.2) is 30.6 Å². The van der Waals surface area contributed by atoms with Crippen LogP contribution in [0.2, 0.25) is 0 Å². The molecular formula is C19H23N3O6S. The zero-order valence-electron chi connectivity index (χ0n) is 16.1. The molecule has 2 unspecified atom stereocenters. The van der Waals surface area contributed by atoms with E-state index < -0.39 is 27.8 Å². The Bertz CT molecular complexity index is 1010. The fourth-order valence-electron chi connectivity index (χ4n) is 3.38. The van der Waals surface area contributed by atoms with Crippen LogP contribution in [-0.2, 0) is 19.6 Å². The summed E-state index contributed by atoms with van der Waals surface area (Å²) in [7, 11) is -3.88. The molecule has 1 aliphatic rings. The van der Waals surface area contributed by atoms with E-state index in [1.54, 1.807) is 13.8 Å². The van der Waals surface area contributed by atoms with Gasteiger partial charge in [0.1, 0.15) is 0 Å². The largest absolute Gasteiger partial charge is 0.481 e. The molecule has 0 saturated heterocycles. The number of aromatic nitrogens is 1. The SMILES string of the molecule is Cc1noc(NS(=O)(=O)c2ccc(NC(=O)C3CCCCC3C(=O)O)cc2)c1C. The normalized spacial score (nSPS) is 19.5. The number of nitrogens with zero attached hydrogens (tertiary/aromatic N) is 1. The van der Waals surface area contributed by atoms with Gasteiger partial charge in [-0.2, -0.15) is 0 Å². The van der Waals surface area contributed by atoms with Gasteiger partial charge in [-0.05, 0) is 51.0 Å². The summed E-state index contributed by atoms with van der Waals surface area (Å²) in [4.78, 5) is 23.9. The first-order chi connectivity index (χ1) is 13.7. The lowest BCUT2D eigenvalue weighted by atomic mass is 9.78. The smallest absolute Gasteiger partial charge is 0.307 e. The van der Waals surface area contributed by atoms with Crippen LogP contribution in [0.4, 0.5) is 11.6 Å². The molecule has 156 valence electrons. The molecule has 0 spiro atoms. The number of carbonyl (C=O) groups is 2. The van der Waals surface area contributed by atoms with Crippen molar-refractivity contribution in [1.29, 1.82) is 0 Å². The highest BCUT2D eigenvalue weighted by Gasteiger charge is 2.35. The van der Waals surface area contributed by atoms with Crippen LogP contribution < -0.4 is 10.0 Å². The van der Waals surface area contributed by atoms with Crippen LogP contribution >= 0.6 is 0 Å². The van der Waals surface area contributed by atoms with Gasteiger partial charge in [0.2, 0.25) is 11.8 Å². The van der Waals surface area contributed by atoms with Crippen LogP contribution in [0.25, 0.3) is 0 Å². The monoisotopic (exact) mass is 421 g/mol. The third kappa shape index (κ3) is 4.58. The molecule has 29 heavy (non-hydrogen) atoms. The molecule has 3 N–H and O–H groups in total. The average Bonchev–Trinajstić information content (AvgIpc) is 3.00. The fraction of sp³-hybridized carbons (Fsp3) is 0.421. The number of sulfonamides is 1. The lowest BCUT2D eigenvalue weighted by Crippen LogP contribution is -2.36. The highest BCUT2D eigenvalue weighted by molar-refractivity contribution is 7.92. The Morgan fingerprint density at radius 3 is 2.28 bits per heavy atom. The molecule has 2 atom stereocenters. The van der Waals surface area contributed by atoms with Gasteiger partial charge in [0.25, 0.3) is 10.0 Å². The third-order valence-electron chi connectivity index (χ3n) is 5.24. The zero-order valence-corrected chi connectivity index (χ0v) is 17.0. The molecule has 0 radical (unpaired) electrons. The van der Waals surface area contributed by atoms with Crippen molar-refractivity contribution in [3.8, 4) is 0 Å². The van der Waals surface area contributed by atoms with Gasteiger partial charge in [-0.1, -0.05) is 18.0 Å². The van der Waals surface area contributed by atoms with Crippen LogP contribution in [0.3, 0.4) is 0 Å². The standard InChI is InChI=1S/C19H23N3O6S/c1-11-12(2)21-28-18(11)22-29(26,27)14-9-7-13(8-10-14)20-17(23)15-5-3-4-6-16(15)19(24)25/h7-10,15-16,22H,3-6H2,1-2H3,(H,20,23)(H,24,25). The summed E-state index contributed by atoms with van der Waals surface area (Å²) in [5.41, 5.74) is 1.58. The minimum absolute atomic E-state index is 0.00923. The van der Waals surface area contributed by atoms with Crippen LogP contribution in [0.1, 0.15) is 36.9 Å². The summed E-state index contributed by atoms with van der Waals surface area (Å²) >= 11 is 0. The van der Waals surface area contributed by atoms with E-state index in [4.69, 9.17) is 4.52 Å². The number of benzene rings is 1. The van der Waals surface area contributed by atoms with Crippen molar-refractivity contribution in [2.24, 2.45) is 11.8 Å². The molecule has 1 amide bonds.